The number of benzene rings is 1. The van der Waals surface area contributed by atoms with Crippen LogP contribution >= 0.6 is 0 Å². The number of halogens is 1. The molecule has 3 rings (SSSR count). The Morgan fingerprint density at radius 1 is 1.05 bits per heavy atom. The molecular formula is C38H47FN4. The van der Waals surface area contributed by atoms with Crippen molar-refractivity contribution in [1.82, 2.24) is 20.5 Å². The third-order valence-corrected chi connectivity index (χ3v) is 6.85. The first-order chi connectivity index (χ1) is 20.4. The van der Waals surface area contributed by atoms with Crippen molar-refractivity contribution in [3.05, 3.63) is 143 Å². The normalized spacial score (nSPS) is 13.4. The molecule has 0 aliphatic rings. The number of aryl methyl sites for hydroxylation is 1. The van der Waals surface area contributed by atoms with Crippen molar-refractivity contribution in [2.24, 2.45) is 5.41 Å². The fourth-order valence-electron chi connectivity index (χ4n) is 4.28. The molecule has 0 bridgehead atoms. The predicted octanol–water partition coefficient (Wildman–Crippen LogP) is 8.80. The van der Waals surface area contributed by atoms with E-state index in [-0.39, 0.29) is 11.2 Å². The number of allylic oxidation sites excluding steroid dienone is 8. The molecular weight excluding hydrogens is 531 g/mol. The van der Waals surface area contributed by atoms with Gasteiger partial charge in [-0.05, 0) is 79.5 Å². The standard InChI is InChI=1S/C36H41FN4.C2H6/c1-11-15-30(27-16-18-28(37)19-17-27)31-22-34(38-24(31)6)35-32(33(14-4)40-41-35)20-23(5)26(12-2)21-29(13-3)39-25(7)36(8,9)10;1-2/h11-22,38-40H,1,3,5,7H2,2,4,6,8-10H3;1-2H3/b26-12+,29-21+,30-15-,32-20+,33-14+;. The van der Waals surface area contributed by atoms with Gasteiger partial charge in [0.05, 0.1) is 11.0 Å². The molecule has 3 aromatic rings. The number of nitrogens with one attached hydrogen (secondary N) is 3. The lowest BCUT2D eigenvalue weighted by Crippen LogP contribution is -2.24. The van der Waals surface area contributed by atoms with Gasteiger partial charge in [0.15, 0.2) is 0 Å². The van der Waals surface area contributed by atoms with Crippen LogP contribution < -0.4 is 15.9 Å². The van der Waals surface area contributed by atoms with Gasteiger partial charge < -0.3 is 10.3 Å². The Morgan fingerprint density at radius 3 is 2.23 bits per heavy atom. The van der Waals surface area contributed by atoms with Gasteiger partial charge in [0.2, 0.25) is 0 Å². The molecule has 0 amide bonds. The van der Waals surface area contributed by atoms with Crippen LogP contribution in [0.25, 0.3) is 29.1 Å². The quantitative estimate of drug-likeness (QED) is 0.211. The van der Waals surface area contributed by atoms with Gasteiger partial charge in [0, 0.05) is 33.3 Å². The van der Waals surface area contributed by atoms with Gasteiger partial charge in [-0.3, -0.25) is 5.10 Å². The van der Waals surface area contributed by atoms with E-state index in [2.05, 4.69) is 73.7 Å². The summed E-state index contributed by atoms with van der Waals surface area (Å²) >= 11 is 0. The average molecular weight is 579 g/mol. The molecule has 0 unspecified atom stereocenters. The van der Waals surface area contributed by atoms with Gasteiger partial charge in [0.1, 0.15) is 11.5 Å². The summed E-state index contributed by atoms with van der Waals surface area (Å²) in [6.45, 7) is 32.7. The molecule has 0 radical (unpaired) electrons. The minimum absolute atomic E-state index is 0.0939. The van der Waals surface area contributed by atoms with E-state index in [1.807, 2.05) is 65.0 Å². The average Bonchev–Trinajstić information content (AvgIpc) is 3.57. The molecule has 2 aromatic heterocycles. The number of rotatable bonds is 10. The van der Waals surface area contributed by atoms with Crippen LogP contribution in [0.4, 0.5) is 4.39 Å². The first-order valence-electron chi connectivity index (χ1n) is 14.6. The molecule has 0 saturated carbocycles. The molecule has 0 aliphatic heterocycles. The Morgan fingerprint density at radius 2 is 1.70 bits per heavy atom. The van der Waals surface area contributed by atoms with E-state index < -0.39 is 0 Å². The molecule has 226 valence electrons. The SMILES string of the molecule is C=C/C=C(/c1ccc(F)cc1)c1cc(-c2n[nH]c(=C/C)/c2=C\C(=C)C(/C=C(\C=C)NC(=C)C(C)(C)C)=C/C)[nH]c1C.CC. The van der Waals surface area contributed by atoms with Gasteiger partial charge in [-0.25, -0.2) is 4.39 Å². The summed E-state index contributed by atoms with van der Waals surface area (Å²) in [6.07, 6.45) is 13.5. The smallest absolute Gasteiger partial charge is 0.123 e. The number of nitrogens with zero attached hydrogens (tertiary/aromatic N) is 1. The Bertz CT molecular complexity index is 1680. The van der Waals surface area contributed by atoms with Crippen LogP contribution in [-0.2, 0) is 0 Å². The molecule has 43 heavy (non-hydrogen) atoms. The summed E-state index contributed by atoms with van der Waals surface area (Å²) in [7, 11) is 0. The summed E-state index contributed by atoms with van der Waals surface area (Å²) in [5.41, 5.74) is 8.82. The lowest BCUT2D eigenvalue weighted by Gasteiger charge is -2.24. The van der Waals surface area contributed by atoms with Crippen molar-refractivity contribution in [3.63, 3.8) is 0 Å². The maximum Gasteiger partial charge on any atom is 0.123 e. The van der Waals surface area contributed by atoms with E-state index in [0.717, 1.165) is 66.9 Å². The molecule has 4 nitrogen and oxygen atoms in total. The molecule has 0 spiro atoms. The minimum atomic E-state index is -0.274. The zero-order chi connectivity index (χ0) is 32.3. The van der Waals surface area contributed by atoms with Crippen LogP contribution in [0.3, 0.4) is 0 Å². The number of H-pyrrole nitrogens is 2. The number of aromatic nitrogens is 3. The third-order valence-electron chi connectivity index (χ3n) is 6.85. The zero-order valence-corrected chi connectivity index (χ0v) is 27.1. The Labute approximate surface area is 257 Å². The second kappa shape index (κ2) is 15.5. The lowest BCUT2D eigenvalue weighted by atomic mass is 9.92. The number of hydrogen-bond acceptors (Lipinski definition) is 2. The van der Waals surface area contributed by atoms with Crippen LogP contribution in [0.5, 0.6) is 0 Å². The second-order valence-corrected chi connectivity index (χ2v) is 10.8. The maximum absolute atomic E-state index is 13.6. The summed E-state index contributed by atoms with van der Waals surface area (Å²) in [6, 6.07) is 8.54. The third kappa shape index (κ3) is 8.68. The van der Waals surface area contributed by atoms with Crippen LogP contribution in [-0.4, -0.2) is 15.2 Å². The van der Waals surface area contributed by atoms with Crippen molar-refractivity contribution >= 4 is 17.7 Å². The Kier molecular flexibility index (Phi) is 12.5. The van der Waals surface area contributed by atoms with E-state index in [1.165, 1.54) is 12.1 Å². The largest absolute Gasteiger partial charge is 0.359 e. The Balaban J connectivity index is 0.00000316. The van der Waals surface area contributed by atoms with Crippen molar-refractivity contribution in [2.45, 2.75) is 55.4 Å². The molecule has 3 N–H and O–H groups in total. The van der Waals surface area contributed by atoms with Gasteiger partial charge in [0.25, 0.3) is 0 Å². The summed E-state index contributed by atoms with van der Waals surface area (Å²) in [5.74, 6) is -0.274. The predicted molar refractivity (Wildman–Crippen MR) is 185 cm³/mol. The summed E-state index contributed by atoms with van der Waals surface area (Å²) in [4.78, 5) is 3.50. The van der Waals surface area contributed by atoms with E-state index in [9.17, 15) is 4.39 Å². The highest BCUT2D eigenvalue weighted by Crippen LogP contribution is 2.30. The summed E-state index contributed by atoms with van der Waals surface area (Å²) < 4.78 is 13.6. The molecule has 2 heterocycles. The molecule has 0 fully saturated rings. The fourth-order valence-corrected chi connectivity index (χ4v) is 4.28. The monoisotopic (exact) mass is 578 g/mol. The molecule has 0 saturated heterocycles. The van der Waals surface area contributed by atoms with Crippen LogP contribution in [0.1, 0.15) is 65.3 Å². The van der Waals surface area contributed by atoms with Crippen molar-refractivity contribution < 1.29 is 4.39 Å². The van der Waals surface area contributed by atoms with Crippen LogP contribution in [0, 0.1) is 18.2 Å². The van der Waals surface area contributed by atoms with Crippen LogP contribution in [0.2, 0.25) is 0 Å². The molecule has 5 heteroatoms. The van der Waals surface area contributed by atoms with Gasteiger partial charge in [-0.1, -0.05) is 97.4 Å². The summed E-state index contributed by atoms with van der Waals surface area (Å²) in [5, 5.41) is 13.0. The Hall–Kier alpha value is -4.64. The first kappa shape index (κ1) is 34.6. The van der Waals surface area contributed by atoms with Gasteiger partial charge >= 0.3 is 0 Å². The molecule has 0 aliphatic carbocycles. The lowest BCUT2D eigenvalue weighted by molar-refractivity contribution is 0.478. The highest BCUT2D eigenvalue weighted by molar-refractivity contribution is 5.84. The number of aromatic amines is 2. The van der Waals surface area contributed by atoms with Crippen molar-refractivity contribution in [3.8, 4) is 11.4 Å². The van der Waals surface area contributed by atoms with E-state index in [0.29, 0.717) is 0 Å². The maximum atomic E-state index is 13.6. The number of hydrogen-bond donors (Lipinski definition) is 3. The first-order valence-corrected chi connectivity index (χ1v) is 14.6. The molecule has 0 atom stereocenters. The highest BCUT2D eigenvalue weighted by atomic mass is 19.1. The topological polar surface area (TPSA) is 56.5 Å². The van der Waals surface area contributed by atoms with E-state index in [1.54, 1.807) is 24.3 Å². The van der Waals surface area contributed by atoms with E-state index >= 15 is 0 Å². The zero-order valence-electron chi connectivity index (χ0n) is 27.1. The fraction of sp³-hybridized carbons (Fsp3) is 0.237. The van der Waals surface area contributed by atoms with Crippen LogP contribution in [0.15, 0.2) is 110 Å². The van der Waals surface area contributed by atoms with E-state index in [4.69, 9.17) is 0 Å². The second-order valence-electron chi connectivity index (χ2n) is 10.8. The van der Waals surface area contributed by atoms with Gasteiger partial charge in [-0.2, -0.15) is 5.10 Å². The highest BCUT2D eigenvalue weighted by Gasteiger charge is 2.17. The minimum Gasteiger partial charge on any atom is -0.359 e. The molecule has 1 aromatic carbocycles. The van der Waals surface area contributed by atoms with Crippen molar-refractivity contribution in [1.29, 1.82) is 0 Å². The van der Waals surface area contributed by atoms with Crippen molar-refractivity contribution in [2.75, 3.05) is 0 Å². The van der Waals surface area contributed by atoms with Gasteiger partial charge in [-0.15, -0.1) is 0 Å².